The van der Waals surface area contributed by atoms with Crippen molar-refractivity contribution in [2.75, 3.05) is 17.7 Å². The van der Waals surface area contributed by atoms with Crippen molar-refractivity contribution in [1.29, 1.82) is 0 Å². The highest BCUT2D eigenvalue weighted by Gasteiger charge is 2.16. The molecule has 3 aromatic carbocycles. The van der Waals surface area contributed by atoms with Crippen LogP contribution >= 0.6 is 0 Å². The number of aromatic nitrogens is 2. The third kappa shape index (κ3) is 4.20. The molecule has 154 valence electrons. The molecule has 0 bridgehead atoms. The van der Waals surface area contributed by atoms with Gasteiger partial charge in [-0.2, -0.15) is 0 Å². The minimum Gasteiger partial charge on any atom is -0.464 e. The predicted molar refractivity (Wildman–Crippen MR) is 120 cm³/mol. The normalized spacial score (nSPS) is 10.5. The zero-order valence-electron chi connectivity index (χ0n) is 17.0. The quantitative estimate of drug-likeness (QED) is 0.461. The number of hydrogen-bond donors (Lipinski definition) is 2. The molecule has 1 amide bonds. The van der Waals surface area contributed by atoms with E-state index in [0.29, 0.717) is 16.8 Å². The average molecular weight is 412 g/mol. The Morgan fingerprint density at radius 3 is 2.23 bits per heavy atom. The number of amides is 1. The molecule has 0 fully saturated rings. The Bertz CT molecular complexity index is 1270. The number of aryl methyl sites for hydroxylation is 1. The molecule has 0 radical (unpaired) electrons. The maximum absolute atomic E-state index is 12.5. The van der Waals surface area contributed by atoms with Crippen LogP contribution < -0.4 is 10.6 Å². The summed E-state index contributed by atoms with van der Waals surface area (Å²) in [4.78, 5) is 24.5. The number of methoxy groups -OCH3 is 1. The largest absolute Gasteiger partial charge is 0.464 e. The lowest BCUT2D eigenvalue weighted by atomic mass is 10.1. The Kier molecular flexibility index (Phi) is 5.57. The maximum Gasteiger partial charge on any atom is 0.359 e. The summed E-state index contributed by atoms with van der Waals surface area (Å²) < 4.78 is 4.79. The van der Waals surface area contributed by atoms with Crippen LogP contribution in [0.4, 0.5) is 17.2 Å². The smallest absolute Gasteiger partial charge is 0.359 e. The van der Waals surface area contributed by atoms with Gasteiger partial charge in [0.2, 0.25) is 0 Å². The van der Waals surface area contributed by atoms with Crippen molar-refractivity contribution in [2.24, 2.45) is 0 Å². The molecule has 7 heteroatoms. The average Bonchev–Trinajstić information content (AvgIpc) is 2.80. The summed E-state index contributed by atoms with van der Waals surface area (Å²) in [6.45, 7) is 1.94. The standard InChI is InChI=1S/C24H20N4O3/c1-15-7-3-6-10-20(15)26-23(29)16-11-13-17(14-12-16)25-22-19-9-5-4-8-18(19)21(27-28-22)24(30)31-2/h3-14H,1-2H3,(H,25,28)(H,26,29). The van der Waals surface area contributed by atoms with Gasteiger partial charge in [0.05, 0.1) is 7.11 Å². The number of anilines is 3. The molecule has 0 spiro atoms. The summed E-state index contributed by atoms with van der Waals surface area (Å²) in [6.07, 6.45) is 0. The van der Waals surface area contributed by atoms with E-state index in [9.17, 15) is 9.59 Å². The minimum atomic E-state index is -0.542. The van der Waals surface area contributed by atoms with Gasteiger partial charge < -0.3 is 15.4 Å². The van der Waals surface area contributed by atoms with E-state index in [1.165, 1.54) is 7.11 Å². The Hall–Kier alpha value is -4.26. The lowest BCUT2D eigenvalue weighted by Crippen LogP contribution is -2.12. The molecular weight excluding hydrogens is 392 g/mol. The van der Waals surface area contributed by atoms with Crippen molar-refractivity contribution in [3.63, 3.8) is 0 Å². The summed E-state index contributed by atoms with van der Waals surface area (Å²) in [7, 11) is 1.31. The third-order valence-corrected chi connectivity index (χ3v) is 4.87. The lowest BCUT2D eigenvalue weighted by Gasteiger charge is -2.11. The second-order valence-electron chi connectivity index (χ2n) is 6.91. The summed E-state index contributed by atoms with van der Waals surface area (Å²) in [5, 5.41) is 15.7. The highest BCUT2D eigenvalue weighted by atomic mass is 16.5. The van der Waals surface area contributed by atoms with Gasteiger partial charge in [0, 0.05) is 27.7 Å². The van der Waals surface area contributed by atoms with E-state index in [0.717, 1.165) is 22.3 Å². The molecule has 0 unspecified atom stereocenters. The Labute approximate surface area is 179 Å². The SMILES string of the molecule is COC(=O)c1nnc(Nc2ccc(C(=O)Nc3ccccc3C)cc2)c2ccccc12. The number of benzene rings is 3. The molecular formula is C24H20N4O3. The molecule has 31 heavy (non-hydrogen) atoms. The topological polar surface area (TPSA) is 93.2 Å². The van der Waals surface area contributed by atoms with E-state index < -0.39 is 5.97 Å². The van der Waals surface area contributed by atoms with Gasteiger partial charge in [0.15, 0.2) is 11.5 Å². The number of para-hydroxylation sites is 1. The van der Waals surface area contributed by atoms with Gasteiger partial charge in [-0.25, -0.2) is 4.79 Å². The molecule has 2 N–H and O–H groups in total. The van der Waals surface area contributed by atoms with Crippen LogP contribution in [0.3, 0.4) is 0 Å². The van der Waals surface area contributed by atoms with Gasteiger partial charge in [-0.15, -0.1) is 10.2 Å². The molecule has 0 saturated heterocycles. The highest BCUT2D eigenvalue weighted by Crippen LogP contribution is 2.26. The molecule has 7 nitrogen and oxygen atoms in total. The summed E-state index contributed by atoms with van der Waals surface area (Å²) in [5.74, 6) is -0.229. The van der Waals surface area contributed by atoms with Gasteiger partial charge >= 0.3 is 5.97 Å². The number of rotatable bonds is 5. The molecule has 0 aliphatic rings. The van der Waals surface area contributed by atoms with E-state index in [2.05, 4.69) is 20.8 Å². The van der Waals surface area contributed by atoms with Crippen molar-refractivity contribution in [2.45, 2.75) is 6.92 Å². The van der Waals surface area contributed by atoms with Crippen LogP contribution in [0.2, 0.25) is 0 Å². The van der Waals surface area contributed by atoms with Crippen LogP contribution in [0.15, 0.2) is 72.8 Å². The number of hydrogen-bond acceptors (Lipinski definition) is 6. The molecule has 1 aromatic heterocycles. The van der Waals surface area contributed by atoms with E-state index in [1.807, 2.05) is 49.4 Å². The van der Waals surface area contributed by atoms with Gasteiger partial charge in [-0.3, -0.25) is 4.79 Å². The minimum absolute atomic E-state index is 0.159. The van der Waals surface area contributed by atoms with Gasteiger partial charge in [-0.1, -0.05) is 42.5 Å². The van der Waals surface area contributed by atoms with Gasteiger partial charge in [0.25, 0.3) is 5.91 Å². The fourth-order valence-corrected chi connectivity index (χ4v) is 3.19. The van der Waals surface area contributed by atoms with Gasteiger partial charge in [-0.05, 0) is 42.8 Å². The predicted octanol–water partition coefficient (Wildman–Crippen LogP) is 4.72. The first-order valence-corrected chi connectivity index (χ1v) is 9.64. The first-order chi connectivity index (χ1) is 15.1. The van der Waals surface area contributed by atoms with Crippen LogP contribution in [0.1, 0.15) is 26.4 Å². The number of esters is 1. The van der Waals surface area contributed by atoms with Crippen molar-refractivity contribution < 1.29 is 14.3 Å². The van der Waals surface area contributed by atoms with Crippen molar-refractivity contribution >= 4 is 39.8 Å². The molecule has 0 aliphatic heterocycles. The second kappa shape index (κ2) is 8.62. The fourth-order valence-electron chi connectivity index (χ4n) is 3.19. The summed E-state index contributed by atoms with van der Waals surface area (Å²) >= 11 is 0. The molecule has 4 aromatic rings. The van der Waals surface area contributed by atoms with Crippen LogP contribution in [0, 0.1) is 6.92 Å². The van der Waals surface area contributed by atoms with Crippen molar-refractivity contribution in [3.8, 4) is 0 Å². The maximum atomic E-state index is 12.5. The Balaban J connectivity index is 1.56. The van der Waals surface area contributed by atoms with E-state index >= 15 is 0 Å². The molecule has 0 aliphatic carbocycles. The zero-order valence-corrected chi connectivity index (χ0v) is 17.0. The number of carbonyl (C=O) groups excluding carboxylic acids is 2. The van der Waals surface area contributed by atoms with Crippen LogP contribution in [0.25, 0.3) is 10.8 Å². The molecule has 0 atom stereocenters. The lowest BCUT2D eigenvalue weighted by molar-refractivity contribution is 0.0595. The van der Waals surface area contributed by atoms with Crippen LogP contribution in [-0.4, -0.2) is 29.2 Å². The molecule has 1 heterocycles. The Morgan fingerprint density at radius 2 is 1.52 bits per heavy atom. The third-order valence-electron chi connectivity index (χ3n) is 4.87. The number of nitrogens with one attached hydrogen (secondary N) is 2. The first kappa shape index (κ1) is 20.0. The number of ether oxygens (including phenoxy) is 1. The zero-order chi connectivity index (χ0) is 21.8. The van der Waals surface area contributed by atoms with E-state index in [4.69, 9.17) is 4.74 Å². The van der Waals surface area contributed by atoms with E-state index in [1.54, 1.807) is 30.3 Å². The Morgan fingerprint density at radius 1 is 0.839 bits per heavy atom. The highest BCUT2D eigenvalue weighted by molar-refractivity contribution is 6.06. The van der Waals surface area contributed by atoms with Crippen LogP contribution in [-0.2, 0) is 4.74 Å². The van der Waals surface area contributed by atoms with Gasteiger partial charge in [0.1, 0.15) is 0 Å². The van der Waals surface area contributed by atoms with Crippen molar-refractivity contribution in [1.82, 2.24) is 10.2 Å². The van der Waals surface area contributed by atoms with Crippen LogP contribution in [0.5, 0.6) is 0 Å². The molecule has 4 rings (SSSR count). The number of carbonyl (C=O) groups is 2. The summed E-state index contributed by atoms with van der Waals surface area (Å²) in [6, 6.07) is 22.0. The second-order valence-corrected chi connectivity index (χ2v) is 6.91. The van der Waals surface area contributed by atoms with E-state index in [-0.39, 0.29) is 11.6 Å². The number of fused-ring (bicyclic) bond motifs is 1. The number of nitrogens with zero attached hydrogens (tertiary/aromatic N) is 2. The van der Waals surface area contributed by atoms with Crippen molar-refractivity contribution in [3.05, 3.63) is 89.6 Å². The summed E-state index contributed by atoms with van der Waals surface area (Å²) in [5.41, 5.74) is 3.20. The monoisotopic (exact) mass is 412 g/mol. The molecule has 0 saturated carbocycles. The first-order valence-electron chi connectivity index (χ1n) is 9.64. The fraction of sp³-hybridized carbons (Fsp3) is 0.0833.